The smallest absolute Gasteiger partial charge is 0.200 e. The van der Waals surface area contributed by atoms with Crippen molar-refractivity contribution in [2.45, 2.75) is 6.54 Å². The number of aromatic nitrogens is 2. The minimum absolute atomic E-state index is 0.362. The molecule has 2 nitrogen and oxygen atoms in total. The number of halogens is 5. The SMILES string of the molecule is Fc1c(F)c(F)c(Cn2c(-c3c(P(c4ccccc4)c4ccccc4)ccc4ccccc34)nc3ccccc32)c(F)c1F. The number of hydrogen-bond acceptors (Lipinski definition) is 1. The third-order valence-electron chi connectivity index (χ3n) is 7.67. The van der Waals surface area contributed by atoms with E-state index in [9.17, 15) is 13.2 Å². The first-order chi connectivity index (χ1) is 21.4. The van der Waals surface area contributed by atoms with Gasteiger partial charge in [0.25, 0.3) is 0 Å². The highest BCUT2D eigenvalue weighted by Gasteiger charge is 2.29. The molecule has 0 saturated carbocycles. The molecule has 0 aliphatic rings. The number of imidazole rings is 1. The van der Waals surface area contributed by atoms with Gasteiger partial charge >= 0.3 is 0 Å². The van der Waals surface area contributed by atoms with Crippen LogP contribution in [0.15, 0.2) is 121 Å². The molecular weight excluding hydrogens is 586 g/mol. The maximum Gasteiger partial charge on any atom is 0.200 e. The summed E-state index contributed by atoms with van der Waals surface area (Å²) in [6, 6.07) is 38.9. The maximum absolute atomic E-state index is 15.1. The summed E-state index contributed by atoms with van der Waals surface area (Å²) in [5.74, 6) is -9.51. The molecule has 216 valence electrons. The van der Waals surface area contributed by atoms with Gasteiger partial charge in [0.2, 0.25) is 5.82 Å². The van der Waals surface area contributed by atoms with Crippen LogP contribution in [0.4, 0.5) is 22.0 Å². The molecule has 0 saturated heterocycles. The number of para-hydroxylation sites is 2. The molecular formula is C36H22F5N2P. The Morgan fingerprint density at radius 3 is 1.75 bits per heavy atom. The molecule has 0 atom stereocenters. The normalized spacial score (nSPS) is 11.6. The predicted molar refractivity (Wildman–Crippen MR) is 167 cm³/mol. The molecule has 0 amide bonds. The van der Waals surface area contributed by atoms with Crippen LogP contribution < -0.4 is 15.9 Å². The van der Waals surface area contributed by atoms with Crippen molar-refractivity contribution < 1.29 is 22.0 Å². The number of rotatable bonds is 6. The van der Waals surface area contributed by atoms with Crippen LogP contribution in [0.1, 0.15) is 5.56 Å². The molecule has 0 fully saturated rings. The topological polar surface area (TPSA) is 17.8 Å². The van der Waals surface area contributed by atoms with Crippen molar-refractivity contribution in [2.24, 2.45) is 0 Å². The van der Waals surface area contributed by atoms with Gasteiger partial charge in [-0.2, -0.15) is 0 Å². The third kappa shape index (κ3) is 4.65. The van der Waals surface area contributed by atoms with Crippen molar-refractivity contribution in [3.8, 4) is 11.4 Å². The highest BCUT2D eigenvalue weighted by Crippen LogP contribution is 2.41. The van der Waals surface area contributed by atoms with E-state index in [0.717, 1.165) is 32.2 Å². The van der Waals surface area contributed by atoms with Gasteiger partial charge in [-0.1, -0.05) is 109 Å². The fraction of sp³-hybridized carbons (Fsp3) is 0.0278. The Morgan fingerprint density at radius 2 is 1.09 bits per heavy atom. The largest absolute Gasteiger partial charge is 0.319 e. The summed E-state index contributed by atoms with van der Waals surface area (Å²) in [5.41, 5.74) is 0.811. The molecule has 7 aromatic rings. The van der Waals surface area contributed by atoms with Gasteiger partial charge in [0.1, 0.15) is 5.82 Å². The first-order valence-electron chi connectivity index (χ1n) is 13.8. The highest BCUT2D eigenvalue weighted by atomic mass is 31.1. The predicted octanol–water partition coefficient (Wildman–Crippen LogP) is 8.36. The van der Waals surface area contributed by atoms with E-state index in [0.29, 0.717) is 16.9 Å². The molecule has 1 heterocycles. The van der Waals surface area contributed by atoms with E-state index in [1.165, 1.54) is 0 Å². The molecule has 0 N–H and O–H groups in total. The Hall–Kier alpha value is -4.87. The van der Waals surface area contributed by atoms with Gasteiger partial charge in [0.05, 0.1) is 17.6 Å². The van der Waals surface area contributed by atoms with Crippen LogP contribution in [-0.4, -0.2) is 9.55 Å². The summed E-state index contributed by atoms with van der Waals surface area (Å²) in [4.78, 5) is 4.95. The minimum atomic E-state index is -2.19. The Morgan fingerprint density at radius 1 is 0.545 bits per heavy atom. The summed E-state index contributed by atoms with van der Waals surface area (Å²) in [6.45, 7) is -0.626. The Labute approximate surface area is 250 Å². The van der Waals surface area contributed by atoms with Crippen molar-refractivity contribution in [3.63, 3.8) is 0 Å². The number of hydrogen-bond donors (Lipinski definition) is 0. The average molecular weight is 609 g/mol. The summed E-state index contributed by atoms with van der Waals surface area (Å²) >= 11 is 0. The van der Waals surface area contributed by atoms with E-state index in [-0.39, 0.29) is 0 Å². The zero-order chi connectivity index (χ0) is 30.4. The fourth-order valence-corrected chi connectivity index (χ4v) is 8.10. The highest BCUT2D eigenvalue weighted by molar-refractivity contribution is 7.80. The Bertz CT molecular complexity index is 2100. The van der Waals surface area contributed by atoms with E-state index in [4.69, 9.17) is 4.98 Å². The van der Waals surface area contributed by atoms with Crippen molar-refractivity contribution >= 4 is 45.6 Å². The fourth-order valence-electron chi connectivity index (χ4n) is 5.64. The Kier molecular flexibility index (Phi) is 7.19. The quantitative estimate of drug-likeness (QED) is 0.0803. The monoisotopic (exact) mass is 608 g/mol. The van der Waals surface area contributed by atoms with Crippen LogP contribution in [0.3, 0.4) is 0 Å². The number of fused-ring (bicyclic) bond motifs is 2. The standard InChI is InChI=1S/C36H22F5N2P/c37-31-26(32(38)34(40)35(41)33(31)39)21-43-28-18-10-9-17-27(28)42-36(43)30-25-16-8-7-11-22(25)19-20-29(30)44(23-12-3-1-4-13-23)24-14-5-2-6-15-24/h1-20H,21H2. The van der Waals surface area contributed by atoms with Gasteiger partial charge in [0, 0.05) is 11.1 Å². The first kappa shape index (κ1) is 27.9. The lowest BCUT2D eigenvalue weighted by molar-refractivity contribution is 0.368. The number of benzene rings is 6. The zero-order valence-corrected chi connectivity index (χ0v) is 23.9. The molecule has 0 aliphatic carbocycles. The number of nitrogens with zero attached hydrogens (tertiary/aromatic N) is 2. The van der Waals surface area contributed by atoms with Gasteiger partial charge in [0.15, 0.2) is 23.3 Å². The molecule has 8 heteroatoms. The van der Waals surface area contributed by atoms with Crippen LogP contribution in [0.25, 0.3) is 33.2 Å². The summed E-state index contributed by atoms with van der Waals surface area (Å²) in [7, 11) is -1.16. The summed E-state index contributed by atoms with van der Waals surface area (Å²) in [5, 5.41) is 4.85. The lowest BCUT2D eigenvalue weighted by Crippen LogP contribution is -2.23. The molecule has 0 bridgehead atoms. The third-order valence-corrected chi connectivity index (χ3v) is 10.2. The molecule has 0 spiro atoms. The second kappa shape index (κ2) is 11.3. The molecule has 0 radical (unpaired) electrons. The molecule has 0 aliphatic heterocycles. The van der Waals surface area contributed by atoms with E-state index in [1.54, 1.807) is 28.8 Å². The lowest BCUT2D eigenvalue weighted by atomic mass is 10.0. The Balaban J connectivity index is 1.57. The zero-order valence-electron chi connectivity index (χ0n) is 23.0. The summed E-state index contributed by atoms with van der Waals surface area (Å²) in [6.07, 6.45) is 0. The van der Waals surface area contributed by atoms with Crippen molar-refractivity contribution in [1.82, 2.24) is 9.55 Å². The molecule has 44 heavy (non-hydrogen) atoms. The van der Waals surface area contributed by atoms with Crippen LogP contribution >= 0.6 is 7.92 Å². The first-order valence-corrected chi connectivity index (χ1v) is 15.2. The van der Waals surface area contributed by atoms with Crippen LogP contribution in [0.5, 0.6) is 0 Å². The minimum Gasteiger partial charge on any atom is -0.319 e. The van der Waals surface area contributed by atoms with Gasteiger partial charge in [-0.05, 0) is 46.7 Å². The van der Waals surface area contributed by atoms with Crippen molar-refractivity contribution in [1.29, 1.82) is 0 Å². The summed E-state index contributed by atoms with van der Waals surface area (Å²) < 4.78 is 74.4. The van der Waals surface area contributed by atoms with Gasteiger partial charge < -0.3 is 4.57 Å². The van der Waals surface area contributed by atoms with Gasteiger partial charge in [-0.25, -0.2) is 26.9 Å². The van der Waals surface area contributed by atoms with Crippen LogP contribution in [0, 0.1) is 29.1 Å². The van der Waals surface area contributed by atoms with Crippen molar-refractivity contribution in [2.75, 3.05) is 0 Å². The maximum atomic E-state index is 15.1. The van der Waals surface area contributed by atoms with E-state index >= 15 is 8.78 Å². The van der Waals surface area contributed by atoms with E-state index < -0.39 is 49.1 Å². The molecule has 0 unspecified atom stereocenters. The van der Waals surface area contributed by atoms with Gasteiger partial charge in [-0.15, -0.1) is 0 Å². The second-order valence-electron chi connectivity index (χ2n) is 10.2. The molecule has 6 aromatic carbocycles. The van der Waals surface area contributed by atoms with E-state index in [1.807, 2.05) is 72.8 Å². The van der Waals surface area contributed by atoms with Crippen LogP contribution in [0.2, 0.25) is 0 Å². The lowest BCUT2D eigenvalue weighted by Gasteiger charge is -2.24. The van der Waals surface area contributed by atoms with Crippen LogP contribution in [-0.2, 0) is 6.54 Å². The molecule has 7 rings (SSSR count). The average Bonchev–Trinajstić information content (AvgIpc) is 3.43. The second-order valence-corrected chi connectivity index (χ2v) is 12.4. The molecule has 1 aromatic heterocycles. The van der Waals surface area contributed by atoms with Crippen molar-refractivity contribution in [3.05, 3.63) is 156 Å². The van der Waals surface area contributed by atoms with E-state index in [2.05, 4.69) is 24.3 Å². The van der Waals surface area contributed by atoms with Gasteiger partial charge in [-0.3, -0.25) is 0 Å².